The van der Waals surface area contributed by atoms with Crippen LogP contribution in [0.4, 0.5) is 5.13 Å². The highest BCUT2D eigenvalue weighted by Gasteiger charge is 2.30. The zero-order chi connectivity index (χ0) is 12.6. The second-order valence-corrected chi connectivity index (χ2v) is 6.57. The smallest absolute Gasteiger partial charge is 0.312 e. The number of carboxylic acids is 1. The summed E-state index contributed by atoms with van der Waals surface area (Å²) in [6.07, 6.45) is 2.62. The Bertz CT molecular complexity index is 434. The van der Waals surface area contributed by atoms with Gasteiger partial charge in [-0.05, 0) is 40.0 Å². The second kappa shape index (κ2) is 4.29. The van der Waals surface area contributed by atoms with Crippen molar-refractivity contribution in [1.29, 1.82) is 0 Å². The van der Waals surface area contributed by atoms with Gasteiger partial charge in [-0.2, -0.15) is 0 Å². The molecule has 0 aromatic carbocycles. The fourth-order valence-corrected chi connectivity index (χ4v) is 3.31. The minimum absolute atomic E-state index is 0.0425. The van der Waals surface area contributed by atoms with Crippen LogP contribution in [0.1, 0.15) is 50.1 Å². The molecule has 0 fully saturated rings. The number of aromatic nitrogens is 1. The van der Waals surface area contributed by atoms with Gasteiger partial charge in [-0.15, -0.1) is 11.3 Å². The van der Waals surface area contributed by atoms with Gasteiger partial charge in [-0.1, -0.05) is 0 Å². The van der Waals surface area contributed by atoms with Gasteiger partial charge < -0.3 is 10.4 Å². The van der Waals surface area contributed by atoms with E-state index in [1.54, 1.807) is 11.3 Å². The normalized spacial score (nSPS) is 19.8. The Morgan fingerprint density at radius 1 is 1.53 bits per heavy atom. The summed E-state index contributed by atoms with van der Waals surface area (Å²) in [5.41, 5.74) is 0.736. The third-order valence-electron chi connectivity index (χ3n) is 2.73. The summed E-state index contributed by atoms with van der Waals surface area (Å²) in [7, 11) is 0. The van der Waals surface area contributed by atoms with Crippen LogP contribution in [0.15, 0.2) is 0 Å². The lowest BCUT2D eigenvalue weighted by Gasteiger charge is -2.19. The van der Waals surface area contributed by atoms with Crippen LogP contribution < -0.4 is 5.32 Å². The van der Waals surface area contributed by atoms with E-state index in [-0.39, 0.29) is 5.54 Å². The van der Waals surface area contributed by atoms with Crippen LogP contribution in [0.2, 0.25) is 0 Å². The van der Waals surface area contributed by atoms with Crippen molar-refractivity contribution in [1.82, 2.24) is 4.98 Å². The monoisotopic (exact) mass is 254 g/mol. The molecule has 2 rings (SSSR count). The summed E-state index contributed by atoms with van der Waals surface area (Å²) < 4.78 is 0. The fourth-order valence-electron chi connectivity index (χ4n) is 2.03. The number of fused-ring (bicyclic) bond motifs is 1. The maximum Gasteiger partial charge on any atom is 0.312 e. The average molecular weight is 254 g/mol. The Hall–Kier alpha value is -1.10. The van der Waals surface area contributed by atoms with Crippen molar-refractivity contribution in [2.24, 2.45) is 0 Å². The number of carboxylic acid groups (broad SMARTS) is 1. The molecule has 0 bridgehead atoms. The highest BCUT2D eigenvalue weighted by Crippen LogP contribution is 2.37. The predicted octanol–water partition coefficient (Wildman–Crippen LogP) is 2.86. The van der Waals surface area contributed by atoms with Gasteiger partial charge in [0.15, 0.2) is 5.13 Å². The van der Waals surface area contributed by atoms with E-state index in [1.165, 1.54) is 0 Å². The quantitative estimate of drug-likeness (QED) is 0.852. The fraction of sp³-hybridized carbons (Fsp3) is 0.667. The Kier molecular flexibility index (Phi) is 3.12. The highest BCUT2D eigenvalue weighted by molar-refractivity contribution is 7.15. The molecule has 94 valence electrons. The molecule has 1 aliphatic carbocycles. The molecular weight excluding hydrogens is 236 g/mol. The van der Waals surface area contributed by atoms with Crippen molar-refractivity contribution in [2.45, 2.75) is 51.5 Å². The predicted molar refractivity (Wildman–Crippen MR) is 68.8 cm³/mol. The van der Waals surface area contributed by atoms with E-state index >= 15 is 0 Å². The van der Waals surface area contributed by atoms with E-state index in [0.29, 0.717) is 6.42 Å². The number of nitrogens with zero attached hydrogens (tertiary/aromatic N) is 1. The zero-order valence-corrected chi connectivity index (χ0v) is 11.2. The number of anilines is 1. The standard InChI is InChI=1S/C12H18N2O2S/c1-12(2,3)14-11-13-9-7(10(15)16)5-4-6-8(9)17-11/h7H,4-6H2,1-3H3,(H,13,14)(H,15,16). The first-order chi connectivity index (χ1) is 7.87. The third-order valence-corrected chi connectivity index (χ3v) is 3.78. The van der Waals surface area contributed by atoms with E-state index in [0.717, 1.165) is 28.5 Å². The van der Waals surface area contributed by atoms with Gasteiger partial charge in [0.2, 0.25) is 0 Å². The number of aliphatic carboxylic acids is 1. The van der Waals surface area contributed by atoms with Crippen molar-refractivity contribution >= 4 is 22.4 Å². The summed E-state index contributed by atoms with van der Waals surface area (Å²) in [4.78, 5) is 16.8. The SMILES string of the molecule is CC(C)(C)Nc1nc2c(s1)CCCC2C(=O)O. The first-order valence-electron chi connectivity index (χ1n) is 5.87. The minimum Gasteiger partial charge on any atom is -0.481 e. The summed E-state index contributed by atoms with van der Waals surface area (Å²) in [6, 6.07) is 0. The van der Waals surface area contributed by atoms with Crippen molar-refractivity contribution in [3.63, 3.8) is 0 Å². The average Bonchev–Trinajstić information content (AvgIpc) is 2.55. The van der Waals surface area contributed by atoms with E-state index in [4.69, 9.17) is 0 Å². The highest BCUT2D eigenvalue weighted by atomic mass is 32.1. The summed E-state index contributed by atoms with van der Waals surface area (Å²) in [6.45, 7) is 6.21. The van der Waals surface area contributed by atoms with Crippen LogP contribution in [-0.2, 0) is 11.2 Å². The molecule has 17 heavy (non-hydrogen) atoms. The van der Waals surface area contributed by atoms with Gasteiger partial charge in [-0.3, -0.25) is 4.79 Å². The van der Waals surface area contributed by atoms with Gasteiger partial charge in [0.05, 0.1) is 5.69 Å². The van der Waals surface area contributed by atoms with Crippen molar-refractivity contribution < 1.29 is 9.90 Å². The molecule has 2 N–H and O–H groups in total. The van der Waals surface area contributed by atoms with Crippen molar-refractivity contribution in [3.05, 3.63) is 10.6 Å². The molecule has 0 aliphatic heterocycles. The van der Waals surface area contributed by atoms with E-state index in [1.807, 2.05) is 0 Å². The van der Waals surface area contributed by atoms with Crippen LogP contribution in [0.3, 0.4) is 0 Å². The number of nitrogens with one attached hydrogen (secondary N) is 1. The van der Waals surface area contributed by atoms with Gasteiger partial charge in [0, 0.05) is 10.4 Å². The third kappa shape index (κ3) is 2.77. The molecule has 4 nitrogen and oxygen atoms in total. The maximum absolute atomic E-state index is 11.2. The largest absolute Gasteiger partial charge is 0.481 e. The molecule has 0 radical (unpaired) electrons. The topological polar surface area (TPSA) is 62.2 Å². The van der Waals surface area contributed by atoms with Crippen LogP contribution in [0.5, 0.6) is 0 Å². The molecule has 1 heterocycles. The summed E-state index contributed by atoms with van der Waals surface area (Å²) in [5.74, 6) is -1.16. The molecular formula is C12H18N2O2S. The molecule has 5 heteroatoms. The van der Waals surface area contributed by atoms with E-state index in [9.17, 15) is 9.90 Å². The zero-order valence-electron chi connectivity index (χ0n) is 10.4. The number of carbonyl (C=O) groups is 1. The molecule has 1 aromatic heterocycles. The lowest BCUT2D eigenvalue weighted by Crippen LogP contribution is -2.26. The molecule has 0 amide bonds. The van der Waals surface area contributed by atoms with Gasteiger partial charge in [-0.25, -0.2) is 4.98 Å². The summed E-state index contributed by atoms with van der Waals surface area (Å²) >= 11 is 1.60. The van der Waals surface area contributed by atoms with E-state index in [2.05, 4.69) is 31.1 Å². The first-order valence-corrected chi connectivity index (χ1v) is 6.69. The van der Waals surface area contributed by atoms with Crippen molar-refractivity contribution in [2.75, 3.05) is 5.32 Å². The first kappa shape index (κ1) is 12.4. The van der Waals surface area contributed by atoms with E-state index < -0.39 is 11.9 Å². The van der Waals surface area contributed by atoms with Gasteiger partial charge in [0.1, 0.15) is 5.92 Å². The Morgan fingerprint density at radius 2 is 2.24 bits per heavy atom. The summed E-state index contributed by atoms with van der Waals surface area (Å²) in [5, 5.41) is 13.3. The number of rotatable bonds is 2. The van der Waals surface area contributed by atoms with Crippen LogP contribution >= 0.6 is 11.3 Å². The van der Waals surface area contributed by atoms with Crippen LogP contribution in [0, 0.1) is 0 Å². The van der Waals surface area contributed by atoms with Crippen LogP contribution in [-0.4, -0.2) is 21.6 Å². The van der Waals surface area contributed by atoms with Crippen molar-refractivity contribution in [3.8, 4) is 0 Å². The molecule has 0 saturated heterocycles. The number of aryl methyl sites for hydroxylation is 1. The molecule has 0 saturated carbocycles. The molecule has 1 atom stereocenters. The molecule has 1 unspecified atom stereocenters. The number of hydrogen-bond acceptors (Lipinski definition) is 4. The van der Waals surface area contributed by atoms with Gasteiger partial charge >= 0.3 is 5.97 Å². The lowest BCUT2D eigenvalue weighted by atomic mass is 9.91. The molecule has 0 spiro atoms. The van der Waals surface area contributed by atoms with Gasteiger partial charge in [0.25, 0.3) is 0 Å². The molecule has 1 aliphatic rings. The lowest BCUT2D eigenvalue weighted by molar-refractivity contribution is -0.139. The number of hydrogen-bond donors (Lipinski definition) is 2. The minimum atomic E-state index is -0.751. The van der Waals surface area contributed by atoms with Crippen LogP contribution in [0.25, 0.3) is 0 Å². The number of thiazole rings is 1. The Balaban J connectivity index is 2.28. The maximum atomic E-state index is 11.2. The molecule has 1 aromatic rings. The second-order valence-electron chi connectivity index (χ2n) is 5.49. The Labute approximate surface area is 105 Å². The Morgan fingerprint density at radius 3 is 2.82 bits per heavy atom.